The van der Waals surface area contributed by atoms with E-state index in [1.807, 2.05) is 4.90 Å². The Morgan fingerprint density at radius 1 is 1.08 bits per heavy atom. The summed E-state index contributed by atoms with van der Waals surface area (Å²) in [6.45, 7) is 0.495. The van der Waals surface area contributed by atoms with Crippen LogP contribution >= 0.6 is 0 Å². The Labute approximate surface area is 206 Å². The van der Waals surface area contributed by atoms with Gasteiger partial charge < -0.3 is 5.73 Å². The van der Waals surface area contributed by atoms with E-state index in [9.17, 15) is 30.8 Å². The molecule has 2 aliphatic rings. The number of hydrogen-bond acceptors (Lipinski definition) is 4. The first-order chi connectivity index (χ1) is 16.8. The molecule has 5 nitrogen and oxygen atoms in total. The van der Waals surface area contributed by atoms with Gasteiger partial charge in [0.1, 0.15) is 5.82 Å². The number of nitrogens with zero attached hydrogens (tertiary/aromatic N) is 1. The molecule has 1 saturated heterocycles. The van der Waals surface area contributed by atoms with Gasteiger partial charge in [0, 0.05) is 12.6 Å². The molecule has 2 aromatic rings. The molecule has 0 spiro atoms. The minimum Gasteiger partial charge on any atom is -0.368 e. The predicted molar refractivity (Wildman–Crippen MR) is 123 cm³/mol. The first-order valence-electron chi connectivity index (χ1n) is 11.7. The van der Waals surface area contributed by atoms with Gasteiger partial charge >= 0.3 is 6.18 Å². The average molecular weight is 531 g/mol. The molecule has 1 amide bonds. The molecular weight excluding hydrogens is 503 g/mol. The lowest BCUT2D eigenvalue weighted by atomic mass is 9.91. The summed E-state index contributed by atoms with van der Waals surface area (Å²) in [5.41, 5.74) is 5.38. The number of likely N-dealkylation sites (tertiary alicyclic amines) is 1. The topological polar surface area (TPSA) is 80.5 Å². The Bertz CT molecular complexity index is 1210. The van der Waals surface area contributed by atoms with Gasteiger partial charge in [-0.25, -0.2) is 17.2 Å². The second-order valence-electron chi connectivity index (χ2n) is 9.69. The van der Waals surface area contributed by atoms with Crippen molar-refractivity contribution in [1.82, 2.24) is 4.90 Å². The summed E-state index contributed by atoms with van der Waals surface area (Å²) in [6.07, 6.45) is -4.25. The molecule has 0 radical (unpaired) electrons. The van der Waals surface area contributed by atoms with Crippen LogP contribution < -0.4 is 5.73 Å². The van der Waals surface area contributed by atoms with Crippen molar-refractivity contribution < 1.29 is 35.2 Å². The van der Waals surface area contributed by atoms with E-state index < -0.39 is 56.3 Å². The van der Waals surface area contributed by atoms with E-state index in [1.165, 1.54) is 12.1 Å². The molecule has 1 aliphatic carbocycles. The Balaban J connectivity index is 1.46. The maximum absolute atomic E-state index is 15.8. The lowest BCUT2D eigenvalue weighted by Gasteiger charge is -2.39. The Kier molecular flexibility index (Phi) is 7.18. The van der Waals surface area contributed by atoms with Gasteiger partial charge in [0.05, 0.1) is 16.5 Å². The van der Waals surface area contributed by atoms with Gasteiger partial charge in [0.15, 0.2) is 0 Å². The predicted octanol–water partition coefficient (Wildman–Crippen LogP) is 4.65. The van der Waals surface area contributed by atoms with Gasteiger partial charge in [-0.05, 0) is 80.3 Å². The standard InChI is InChI=1S/C25H27F5N2O3S/c26-19-6-4-16(5-7-19)12-17-13-22(23(31)33)32(15-17)20-8-10-24(27,11-9-20)36(34,35)21-3-1-2-18(14-21)25(28,29)30/h1-7,14,17,20,22H,8-13,15H2,(H2,31,33). The molecule has 1 saturated carbocycles. The quantitative estimate of drug-likeness (QED) is 0.552. The fourth-order valence-corrected chi connectivity index (χ4v) is 7.16. The number of primary amides is 1. The zero-order chi connectivity index (χ0) is 26.3. The van der Waals surface area contributed by atoms with E-state index in [2.05, 4.69) is 0 Å². The summed E-state index contributed by atoms with van der Waals surface area (Å²) in [7, 11) is -4.68. The van der Waals surface area contributed by atoms with Crippen molar-refractivity contribution in [2.24, 2.45) is 11.7 Å². The van der Waals surface area contributed by atoms with E-state index in [1.54, 1.807) is 12.1 Å². The van der Waals surface area contributed by atoms with Crippen LogP contribution in [0.1, 0.15) is 43.2 Å². The van der Waals surface area contributed by atoms with Gasteiger partial charge in [0.25, 0.3) is 0 Å². The molecule has 1 aliphatic heterocycles. The molecular formula is C25H27F5N2O3S. The third kappa shape index (κ3) is 5.27. The van der Waals surface area contributed by atoms with Crippen molar-refractivity contribution in [2.45, 2.75) is 66.7 Å². The van der Waals surface area contributed by atoms with Gasteiger partial charge in [0.2, 0.25) is 20.7 Å². The summed E-state index contributed by atoms with van der Waals surface area (Å²) in [6, 6.07) is 8.32. The number of halogens is 5. The van der Waals surface area contributed by atoms with Crippen LogP contribution in [0.5, 0.6) is 0 Å². The highest BCUT2D eigenvalue weighted by Crippen LogP contribution is 2.44. The van der Waals surface area contributed by atoms with E-state index >= 15 is 4.39 Å². The molecule has 2 N–H and O–H groups in total. The number of alkyl halides is 4. The number of rotatable bonds is 6. The summed E-state index contributed by atoms with van der Waals surface area (Å²) in [5.74, 6) is -0.817. The molecule has 11 heteroatoms. The summed E-state index contributed by atoms with van der Waals surface area (Å²) < 4.78 is 94.2. The van der Waals surface area contributed by atoms with Crippen LogP contribution in [0.2, 0.25) is 0 Å². The number of nitrogens with two attached hydrogens (primary N) is 1. The maximum atomic E-state index is 15.8. The van der Waals surface area contributed by atoms with Gasteiger partial charge in [-0.15, -0.1) is 0 Å². The Hall–Kier alpha value is -2.53. The zero-order valence-corrected chi connectivity index (χ0v) is 20.2. The first kappa shape index (κ1) is 26.5. The molecule has 2 aromatic carbocycles. The van der Waals surface area contributed by atoms with Crippen molar-refractivity contribution in [3.8, 4) is 0 Å². The smallest absolute Gasteiger partial charge is 0.368 e. The molecule has 0 bridgehead atoms. The maximum Gasteiger partial charge on any atom is 0.416 e. The Morgan fingerprint density at radius 2 is 1.72 bits per heavy atom. The highest BCUT2D eigenvalue weighted by atomic mass is 32.2. The van der Waals surface area contributed by atoms with Crippen LogP contribution in [0, 0.1) is 11.7 Å². The SMILES string of the molecule is NC(=O)C1CC(Cc2ccc(F)cc2)CN1C1CCC(F)(S(=O)(=O)c2cccc(C(F)(F)F)c2)CC1. The summed E-state index contributed by atoms with van der Waals surface area (Å²) >= 11 is 0. The van der Waals surface area contributed by atoms with E-state index in [-0.39, 0.29) is 30.6 Å². The number of carbonyl (C=O) groups is 1. The molecule has 196 valence electrons. The van der Waals surface area contributed by atoms with Crippen molar-refractivity contribution in [3.05, 3.63) is 65.5 Å². The third-order valence-electron chi connectivity index (χ3n) is 7.32. The first-order valence-corrected chi connectivity index (χ1v) is 13.2. The van der Waals surface area contributed by atoms with Crippen LogP contribution in [0.25, 0.3) is 0 Å². The number of sulfone groups is 1. The second kappa shape index (κ2) is 9.74. The molecule has 4 rings (SSSR count). The number of benzene rings is 2. The van der Waals surface area contributed by atoms with Crippen LogP contribution in [0.4, 0.5) is 22.0 Å². The van der Waals surface area contributed by atoms with Crippen molar-refractivity contribution in [3.63, 3.8) is 0 Å². The molecule has 2 fully saturated rings. The van der Waals surface area contributed by atoms with Crippen molar-refractivity contribution in [1.29, 1.82) is 0 Å². The summed E-state index contributed by atoms with van der Waals surface area (Å²) in [5, 5.41) is -2.71. The zero-order valence-electron chi connectivity index (χ0n) is 19.3. The van der Waals surface area contributed by atoms with Crippen LogP contribution in [0.3, 0.4) is 0 Å². The molecule has 1 heterocycles. The highest BCUT2D eigenvalue weighted by Gasteiger charge is 2.50. The molecule has 0 aromatic heterocycles. The molecule has 2 unspecified atom stereocenters. The lowest BCUT2D eigenvalue weighted by molar-refractivity contribution is -0.137. The lowest BCUT2D eigenvalue weighted by Crippen LogP contribution is -2.50. The van der Waals surface area contributed by atoms with Gasteiger partial charge in [-0.1, -0.05) is 18.2 Å². The average Bonchev–Trinajstić information content (AvgIpc) is 3.24. The minimum absolute atomic E-state index is 0.0545. The fraction of sp³-hybridized carbons (Fsp3) is 0.480. The molecule has 36 heavy (non-hydrogen) atoms. The minimum atomic E-state index is -4.75. The van der Waals surface area contributed by atoms with E-state index in [4.69, 9.17) is 5.73 Å². The van der Waals surface area contributed by atoms with E-state index in [0.717, 1.165) is 23.8 Å². The van der Waals surface area contributed by atoms with Crippen LogP contribution in [-0.2, 0) is 27.2 Å². The Morgan fingerprint density at radius 3 is 2.31 bits per heavy atom. The monoisotopic (exact) mass is 530 g/mol. The largest absolute Gasteiger partial charge is 0.416 e. The second-order valence-corrected chi connectivity index (χ2v) is 11.9. The normalized spacial score (nSPS) is 27.8. The van der Waals surface area contributed by atoms with Crippen LogP contribution in [-0.4, -0.2) is 42.9 Å². The van der Waals surface area contributed by atoms with Crippen molar-refractivity contribution >= 4 is 15.7 Å². The number of hydrogen-bond donors (Lipinski definition) is 1. The number of carbonyl (C=O) groups excluding carboxylic acids is 1. The fourth-order valence-electron chi connectivity index (χ4n) is 5.42. The third-order valence-corrected chi connectivity index (χ3v) is 9.56. The molecule has 2 atom stereocenters. The highest BCUT2D eigenvalue weighted by molar-refractivity contribution is 7.92. The van der Waals surface area contributed by atoms with Crippen molar-refractivity contribution in [2.75, 3.05) is 6.54 Å². The number of amides is 1. The van der Waals surface area contributed by atoms with Gasteiger partial charge in [-0.3, -0.25) is 9.69 Å². The van der Waals surface area contributed by atoms with E-state index in [0.29, 0.717) is 25.5 Å². The van der Waals surface area contributed by atoms with Crippen LogP contribution in [0.15, 0.2) is 53.4 Å². The van der Waals surface area contributed by atoms with Gasteiger partial charge in [-0.2, -0.15) is 13.2 Å². The summed E-state index contributed by atoms with van der Waals surface area (Å²) in [4.78, 5) is 13.3.